The van der Waals surface area contributed by atoms with Gasteiger partial charge in [-0.05, 0) is 32.9 Å². The van der Waals surface area contributed by atoms with Crippen molar-refractivity contribution in [3.63, 3.8) is 0 Å². The number of aliphatic hydroxyl groups excluding tert-OH is 1. The van der Waals surface area contributed by atoms with Gasteiger partial charge in [-0.15, -0.1) is 0 Å². The second-order valence-corrected chi connectivity index (χ2v) is 7.32. The summed E-state index contributed by atoms with van der Waals surface area (Å²) in [6, 6.07) is 3.10. The summed E-state index contributed by atoms with van der Waals surface area (Å²) in [6.07, 6.45) is -1.77. The van der Waals surface area contributed by atoms with E-state index in [4.69, 9.17) is 18.9 Å². The molecule has 0 radical (unpaired) electrons. The smallest absolute Gasteiger partial charge is 0.412 e. The van der Waals surface area contributed by atoms with E-state index in [0.29, 0.717) is 22.8 Å². The average Bonchev–Trinajstić information content (AvgIpc) is 2.64. The Morgan fingerprint density at radius 3 is 2.04 bits per heavy atom. The maximum atomic E-state index is 12.9. The van der Waals surface area contributed by atoms with Crippen molar-refractivity contribution in [2.45, 2.75) is 32.6 Å². The van der Waals surface area contributed by atoms with Crippen LogP contribution in [0.3, 0.4) is 0 Å². The van der Waals surface area contributed by atoms with Gasteiger partial charge in [-0.1, -0.05) is 0 Å². The van der Waals surface area contributed by atoms with E-state index in [2.05, 4.69) is 0 Å². The predicted molar refractivity (Wildman–Crippen MR) is 101 cm³/mol. The highest BCUT2D eigenvalue weighted by Gasteiger charge is 2.34. The van der Waals surface area contributed by atoms with Crippen LogP contribution in [0.25, 0.3) is 0 Å². The zero-order valence-corrected chi connectivity index (χ0v) is 17.1. The molecule has 1 aromatic carbocycles. The molecule has 156 valence electrons. The topological polar surface area (TPSA) is 97.8 Å². The molecule has 1 aliphatic heterocycles. The summed E-state index contributed by atoms with van der Waals surface area (Å²) in [6.45, 7) is 5.64. The summed E-state index contributed by atoms with van der Waals surface area (Å²) >= 11 is 0. The van der Waals surface area contributed by atoms with Crippen molar-refractivity contribution in [3.8, 4) is 17.2 Å². The Kier molecular flexibility index (Phi) is 6.60. The minimum Gasteiger partial charge on any atom is -0.493 e. The van der Waals surface area contributed by atoms with E-state index in [1.165, 1.54) is 31.1 Å². The summed E-state index contributed by atoms with van der Waals surface area (Å²) in [7, 11) is 4.41. The summed E-state index contributed by atoms with van der Waals surface area (Å²) < 4.78 is 21.1. The molecule has 1 N–H and O–H groups in total. The van der Waals surface area contributed by atoms with Crippen molar-refractivity contribution in [2.75, 3.05) is 41.0 Å². The number of piperazine rings is 1. The van der Waals surface area contributed by atoms with Crippen LogP contribution in [0, 0.1) is 0 Å². The van der Waals surface area contributed by atoms with Crippen LogP contribution in [-0.2, 0) is 4.74 Å². The standard InChI is InChI=1S/C19H28N2O7/c1-19(2,3)28-18(24)21-8-7-20(11-15(21)22)17(23)12-9-13(25-4)16(27-6)14(10-12)26-5/h9-10,15,22H,7-8,11H2,1-6H3. The molecule has 1 saturated heterocycles. The van der Waals surface area contributed by atoms with Crippen LogP contribution in [0.5, 0.6) is 17.2 Å². The van der Waals surface area contributed by atoms with E-state index in [9.17, 15) is 14.7 Å². The van der Waals surface area contributed by atoms with Gasteiger partial charge in [0.25, 0.3) is 5.91 Å². The van der Waals surface area contributed by atoms with Crippen LogP contribution < -0.4 is 14.2 Å². The van der Waals surface area contributed by atoms with Crippen molar-refractivity contribution in [2.24, 2.45) is 0 Å². The molecule has 9 nitrogen and oxygen atoms in total. The fraction of sp³-hybridized carbons (Fsp3) is 0.579. The van der Waals surface area contributed by atoms with Gasteiger partial charge in [-0.2, -0.15) is 0 Å². The monoisotopic (exact) mass is 396 g/mol. The Bertz CT molecular complexity index is 704. The number of aliphatic hydroxyl groups is 1. The largest absolute Gasteiger partial charge is 0.493 e. The maximum Gasteiger partial charge on any atom is 0.412 e. The summed E-state index contributed by atoms with van der Waals surface area (Å²) in [4.78, 5) is 27.8. The molecule has 1 fully saturated rings. The second-order valence-electron chi connectivity index (χ2n) is 7.32. The van der Waals surface area contributed by atoms with Crippen LogP contribution in [0.1, 0.15) is 31.1 Å². The zero-order valence-electron chi connectivity index (χ0n) is 17.1. The van der Waals surface area contributed by atoms with Gasteiger partial charge in [0.1, 0.15) is 11.8 Å². The minimum absolute atomic E-state index is 0.0330. The van der Waals surface area contributed by atoms with E-state index >= 15 is 0 Å². The SMILES string of the molecule is COc1cc(C(=O)N2CCN(C(=O)OC(C)(C)C)C(O)C2)cc(OC)c1OC. The lowest BCUT2D eigenvalue weighted by Crippen LogP contribution is -2.57. The van der Waals surface area contributed by atoms with Gasteiger partial charge < -0.3 is 29.0 Å². The molecular weight excluding hydrogens is 368 g/mol. The van der Waals surface area contributed by atoms with E-state index in [0.717, 1.165) is 0 Å². The second kappa shape index (κ2) is 8.55. The third kappa shape index (κ3) is 4.78. The first kappa shape index (κ1) is 21.6. The highest BCUT2D eigenvalue weighted by atomic mass is 16.6. The number of amides is 2. The van der Waals surface area contributed by atoms with E-state index in [1.54, 1.807) is 32.9 Å². The lowest BCUT2D eigenvalue weighted by Gasteiger charge is -2.39. The highest BCUT2D eigenvalue weighted by molar-refractivity contribution is 5.96. The molecule has 1 aromatic rings. The van der Waals surface area contributed by atoms with Crippen molar-refractivity contribution in [1.29, 1.82) is 0 Å². The number of carbonyl (C=O) groups is 2. The van der Waals surface area contributed by atoms with Crippen LogP contribution in [0.4, 0.5) is 4.79 Å². The van der Waals surface area contributed by atoms with E-state index in [-0.39, 0.29) is 25.5 Å². The molecule has 0 aromatic heterocycles. The molecule has 1 heterocycles. The molecular formula is C19H28N2O7. The fourth-order valence-corrected chi connectivity index (χ4v) is 2.87. The number of hydrogen-bond donors (Lipinski definition) is 1. The van der Waals surface area contributed by atoms with Gasteiger partial charge >= 0.3 is 6.09 Å². The Morgan fingerprint density at radius 2 is 1.61 bits per heavy atom. The first-order valence-electron chi connectivity index (χ1n) is 8.88. The molecule has 0 bridgehead atoms. The minimum atomic E-state index is -1.16. The highest BCUT2D eigenvalue weighted by Crippen LogP contribution is 2.38. The van der Waals surface area contributed by atoms with Crippen molar-refractivity contribution >= 4 is 12.0 Å². The zero-order chi connectivity index (χ0) is 21.1. The van der Waals surface area contributed by atoms with Gasteiger partial charge in [0.15, 0.2) is 11.5 Å². The molecule has 0 spiro atoms. The molecule has 2 rings (SSSR count). The maximum absolute atomic E-state index is 12.9. The van der Waals surface area contributed by atoms with Crippen molar-refractivity contribution < 1.29 is 33.6 Å². The quantitative estimate of drug-likeness (QED) is 0.828. The lowest BCUT2D eigenvalue weighted by atomic mass is 10.1. The molecule has 28 heavy (non-hydrogen) atoms. The van der Waals surface area contributed by atoms with E-state index in [1.807, 2.05) is 0 Å². The third-order valence-electron chi connectivity index (χ3n) is 4.18. The Morgan fingerprint density at radius 1 is 1.04 bits per heavy atom. The first-order chi connectivity index (χ1) is 13.1. The van der Waals surface area contributed by atoms with Gasteiger partial charge in [0, 0.05) is 18.7 Å². The number of nitrogens with zero attached hydrogens (tertiary/aromatic N) is 2. The van der Waals surface area contributed by atoms with Gasteiger partial charge in [-0.3, -0.25) is 9.69 Å². The van der Waals surface area contributed by atoms with E-state index < -0.39 is 17.9 Å². The number of hydrogen-bond acceptors (Lipinski definition) is 7. The van der Waals surface area contributed by atoms with Crippen LogP contribution in [-0.4, -0.2) is 79.7 Å². The summed E-state index contributed by atoms with van der Waals surface area (Å²) in [5.74, 6) is 0.787. The molecule has 0 saturated carbocycles. The summed E-state index contributed by atoms with van der Waals surface area (Å²) in [5.41, 5.74) is -0.340. The predicted octanol–water partition coefficient (Wildman–Crippen LogP) is 1.72. The molecule has 0 aliphatic carbocycles. The third-order valence-corrected chi connectivity index (χ3v) is 4.18. The van der Waals surface area contributed by atoms with Gasteiger partial charge in [0.05, 0.1) is 27.9 Å². The van der Waals surface area contributed by atoms with Crippen LogP contribution in [0.15, 0.2) is 12.1 Å². The Hall–Kier alpha value is -2.68. The molecule has 2 amide bonds. The Balaban J connectivity index is 2.16. The van der Waals surface area contributed by atoms with Crippen LogP contribution in [0.2, 0.25) is 0 Å². The van der Waals surface area contributed by atoms with Crippen LogP contribution >= 0.6 is 0 Å². The number of β-amino-alcohol motifs (C(OH)–C–C–N with tert-alkyl or cyclic N) is 1. The van der Waals surface area contributed by atoms with Gasteiger partial charge in [0.2, 0.25) is 5.75 Å². The van der Waals surface area contributed by atoms with Crippen molar-refractivity contribution in [3.05, 3.63) is 17.7 Å². The Labute approximate surface area is 164 Å². The number of ether oxygens (including phenoxy) is 4. The fourth-order valence-electron chi connectivity index (χ4n) is 2.87. The molecule has 9 heteroatoms. The lowest BCUT2D eigenvalue weighted by molar-refractivity contribution is -0.0598. The molecule has 1 atom stereocenters. The summed E-state index contributed by atoms with van der Waals surface area (Å²) in [5, 5.41) is 10.3. The molecule has 1 aliphatic rings. The number of carbonyl (C=O) groups excluding carboxylic acids is 2. The number of methoxy groups -OCH3 is 3. The van der Waals surface area contributed by atoms with Gasteiger partial charge in [-0.25, -0.2) is 4.79 Å². The average molecular weight is 396 g/mol. The number of benzene rings is 1. The molecule has 1 unspecified atom stereocenters. The number of rotatable bonds is 4. The normalized spacial score (nSPS) is 17.2. The first-order valence-corrected chi connectivity index (χ1v) is 8.88. The van der Waals surface area contributed by atoms with Crippen molar-refractivity contribution in [1.82, 2.24) is 9.80 Å².